The molecule has 1 atom stereocenters. The molecule has 2 aromatic rings. The van der Waals surface area contributed by atoms with Crippen LogP contribution in [0, 0.1) is 18.6 Å². The minimum atomic E-state index is -1.26. The number of pyridine rings is 1. The van der Waals surface area contributed by atoms with Gasteiger partial charge in [0, 0.05) is 11.8 Å². The molecule has 1 N–H and O–H groups in total. The largest absolute Gasteiger partial charge is 0.382 e. The number of aliphatic hydroxyl groups excluding tert-OH is 1. The van der Waals surface area contributed by atoms with Crippen molar-refractivity contribution in [3.63, 3.8) is 0 Å². The molecule has 0 amide bonds. The fraction of sp³-hybridized carbons (Fsp3) is 0.154. The first-order valence-electron chi connectivity index (χ1n) is 5.14. The zero-order valence-electron chi connectivity index (χ0n) is 9.19. The fourth-order valence-corrected chi connectivity index (χ4v) is 1.66. The van der Waals surface area contributed by atoms with Crippen molar-refractivity contribution in [1.29, 1.82) is 0 Å². The molecule has 0 aliphatic carbocycles. The number of nitrogens with zero attached hydrogens (tertiary/aromatic N) is 1. The van der Waals surface area contributed by atoms with Gasteiger partial charge in [0.1, 0.15) is 6.10 Å². The van der Waals surface area contributed by atoms with Crippen molar-refractivity contribution < 1.29 is 13.9 Å². The third kappa shape index (κ3) is 2.17. The number of benzene rings is 1. The number of hydrogen-bond acceptors (Lipinski definition) is 2. The van der Waals surface area contributed by atoms with Gasteiger partial charge in [-0.2, -0.15) is 0 Å². The van der Waals surface area contributed by atoms with Gasteiger partial charge in [-0.05, 0) is 24.6 Å². The second-order valence-corrected chi connectivity index (χ2v) is 3.75. The van der Waals surface area contributed by atoms with Crippen molar-refractivity contribution in [3.05, 3.63) is 65.0 Å². The highest BCUT2D eigenvalue weighted by molar-refractivity contribution is 5.31. The smallest absolute Gasteiger partial charge is 0.165 e. The zero-order chi connectivity index (χ0) is 12.4. The van der Waals surface area contributed by atoms with Gasteiger partial charge in [0.25, 0.3) is 0 Å². The average Bonchev–Trinajstić information content (AvgIpc) is 2.32. The van der Waals surface area contributed by atoms with Crippen molar-refractivity contribution in [2.75, 3.05) is 0 Å². The predicted molar refractivity (Wildman–Crippen MR) is 59.4 cm³/mol. The molecule has 0 saturated heterocycles. The third-order valence-corrected chi connectivity index (χ3v) is 2.58. The van der Waals surface area contributed by atoms with E-state index in [4.69, 9.17) is 0 Å². The van der Waals surface area contributed by atoms with E-state index in [1.165, 1.54) is 18.3 Å². The van der Waals surface area contributed by atoms with E-state index in [1.807, 2.05) is 0 Å². The number of hydrogen-bond donors (Lipinski definition) is 1. The van der Waals surface area contributed by atoms with Crippen LogP contribution in [0.2, 0.25) is 0 Å². The quantitative estimate of drug-likeness (QED) is 0.868. The van der Waals surface area contributed by atoms with Crippen molar-refractivity contribution in [2.24, 2.45) is 0 Å². The monoisotopic (exact) mass is 235 g/mol. The van der Waals surface area contributed by atoms with Crippen LogP contribution in [-0.2, 0) is 0 Å². The first kappa shape index (κ1) is 11.7. The Kier molecular flexibility index (Phi) is 3.15. The number of halogens is 2. The molecule has 1 unspecified atom stereocenters. The normalized spacial score (nSPS) is 12.5. The predicted octanol–water partition coefficient (Wildman–Crippen LogP) is 2.75. The Morgan fingerprint density at radius 3 is 2.65 bits per heavy atom. The molecule has 1 aromatic heterocycles. The lowest BCUT2D eigenvalue weighted by molar-refractivity contribution is 0.207. The standard InChI is InChI=1S/C13H11F2NO/c1-8-4-3-7-16-12(8)13(17)9-5-2-6-10(14)11(9)15/h2-7,13,17H,1H3. The Bertz CT molecular complexity index is 543. The van der Waals surface area contributed by atoms with E-state index >= 15 is 0 Å². The molecule has 2 rings (SSSR count). The molecule has 0 radical (unpaired) electrons. The maximum absolute atomic E-state index is 13.5. The van der Waals surface area contributed by atoms with E-state index in [0.717, 1.165) is 11.6 Å². The van der Waals surface area contributed by atoms with Gasteiger partial charge >= 0.3 is 0 Å². The maximum atomic E-state index is 13.5. The fourth-order valence-electron chi connectivity index (χ4n) is 1.66. The minimum absolute atomic E-state index is 0.105. The summed E-state index contributed by atoms with van der Waals surface area (Å²) in [5.41, 5.74) is 0.951. The Balaban J connectivity index is 2.48. The second-order valence-electron chi connectivity index (χ2n) is 3.75. The molecule has 0 saturated carbocycles. The van der Waals surface area contributed by atoms with Crippen LogP contribution in [0.1, 0.15) is 22.9 Å². The molecule has 1 heterocycles. The topological polar surface area (TPSA) is 33.1 Å². The van der Waals surface area contributed by atoms with Crippen LogP contribution in [0.15, 0.2) is 36.5 Å². The maximum Gasteiger partial charge on any atom is 0.165 e. The molecule has 0 aliphatic rings. The lowest BCUT2D eigenvalue weighted by Crippen LogP contribution is -2.07. The lowest BCUT2D eigenvalue weighted by Gasteiger charge is -2.13. The van der Waals surface area contributed by atoms with Crippen molar-refractivity contribution >= 4 is 0 Å². The van der Waals surface area contributed by atoms with Crippen LogP contribution in [0.4, 0.5) is 8.78 Å². The molecule has 1 aromatic carbocycles. The summed E-state index contributed by atoms with van der Waals surface area (Å²) >= 11 is 0. The SMILES string of the molecule is Cc1cccnc1C(O)c1cccc(F)c1F. The summed E-state index contributed by atoms with van der Waals surface area (Å²) < 4.78 is 26.6. The summed E-state index contributed by atoms with van der Waals surface area (Å²) in [6, 6.07) is 7.18. The Morgan fingerprint density at radius 2 is 1.94 bits per heavy atom. The van der Waals surface area contributed by atoms with Gasteiger partial charge in [0.05, 0.1) is 5.69 Å². The van der Waals surface area contributed by atoms with Gasteiger partial charge in [0.2, 0.25) is 0 Å². The summed E-state index contributed by atoms with van der Waals surface area (Å²) in [6.07, 6.45) is 0.245. The van der Waals surface area contributed by atoms with E-state index < -0.39 is 17.7 Å². The molecular formula is C13H11F2NO. The second kappa shape index (κ2) is 4.59. The first-order chi connectivity index (χ1) is 8.11. The third-order valence-electron chi connectivity index (χ3n) is 2.58. The highest BCUT2D eigenvalue weighted by Crippen LogP contribution is 2.25. The number of aliphatic hydroxyl groups is 1. The number of aromatic nitrogens is 1. The van der Waals surface area contributed by atoms with Crippen molar-refractivity contribution in [1.82, 2.24) is 4.98 Å². The summed E-state index contributed by atoms with van der Waals surface area (Å²) in [7, 11) is 0. The van der Waals surface area contributed by atoms with Crippen LogP contribution in [0.5, 0.6) is 0 Å². The van der Waals surface area contributed by atoms with Crippen LogP contribution in [0.3, 0.4) is 0 Å². The van der Waals surface area contributed by atoms with Crippen molar-refractivity contribution in [2.45, 2.75) is 13.0 Å². The molecular weight excluding hydrogens is 224 g/mol. The lowest BCUT2D eigenvalue weighted by atomic mass is 10.0. The molecule has 88 valence electrons. The van der Waals surface area contributed by atoms with Gasteiger partial charge < -0.3 is 5.11 Å². The molecule has 0 fully saturated rings. The highest BCUT2D eigenvalue weighted by atomic mass is 19.2. The average molecular weight is 235 g/mol. The molecule has 4 heteroatoms. The Hall–Kier alpha value is -1.81. The highest BCUT2D eigenvalue weighted by Gasteiger charge is 2.19. The minimum Gasteiger partial charge on any atom is -0.382 e. The van der Waals surface area contributed by atoms with Crippen LogP contribution in [-0.4, -0.2) is 10.1 Å². The number of aryl methyl sites for hydroxylation is 1. The molecule has 0 spiro atoms. The van der Waals surface area contributed by atoms with Gasteiger partial charge in [-0.1, -0.05) is 18.2 Å². The van der Waals surface area contributed by atoms with Gasteiger partial charge in [-0.3, -0.25) is 4.98 Å². The van der Waals surface area contributed by atoms with Gasteiger partial charge in [-0.25, -0.2) is 8.78 Å². The van der Waals surface area contributed by atoms with E-state index in [0.29, 0.717) is 5.69 Å². The van der Waals surface area contributed by atoms with Crippen LogP contribution >= 0.6 is 0 Å². The molecule has 2 nitrogen and oxygen atoms in total. The van der Waals surface area contributed by atoms with Crippen LogP contribution < -0.4 is 0 Å². The van der Waals surface area contributed by atoms with E-state index in [2.05, 4.69) is 4.98 Å². The zero-order valence-corrected chi connectivity index (χ0v) is 9.19. The Labute approximate surface area is 97.6 Å². The van der Waals surface area contributed by atoms with Crippen molar-refractivity contribution in [3.8, 4) is 0 Å². The van der Waals surface area contributed by atoms with E-state index in [1.54, 1.807) is 19.1 Å². The Morgan fingerprint density at radius 1 is 1.18 bits per heavy atom. The summed E-state index contributed by atoms with van der Waals surface area (Å²) in [5, 5.41) is 10.0. The van der Waals surface area contributed by atoms with Gasteiger partial charge in [-0.15, -0.1) is 0 Å². The molecule has 17 heavy (non-hydrogen) atoms. The molecule has 0 bridgehead atoms. The van der Waals surface area contributed by atoms with Crippen LogP contribution in [0.25, 0.3) is 0 Å². The number of rotatable bonds is 2. The van der Waals surface area contributed by atoms with E-state index in [-0.39, 0.29) is 5.56 Å². The summed E-state index contributed by atoms with van der Waals surface area (Å²) in [4.78, 5) is 3.99. The summed E-state index contributed by atoms with van der Waals surface area (Å²) in [6.45, 7) is 1.75. The summed E-state index contributed by atoms with van der Waals surface area (Å²) in [5.74, 6) is -2.01. The first-order valence-corrected chi connectivity index (χ1v) is 5.14. The molecule has 0 aliphatic heterocycles. The van der Waals surface area contributed by atoms with Gasteiger partial charge in [0.15, 0.2) is 11.6 Å². The van der Waals surface area contributed by atoms with E-state index in [9.17, 15) is 13.9 Å².